The summed E-state index contributed by atoms with van der Waals surface area (Å²) < 4.78 is 6.08. The second-order valence-corrected chi connectivity index (χ2v) is 7.02. The average molecular weight is 290 g/mol. The second-order valence-electron chi connectivity index (χ2n) is 7.02. The molecule has 1 aliphatic carbocycles. The normalized spacial score (nSPS) is 24.6. The molecule has 0 radical (unpaired) electrons. The highest BCUT2D eigenvalue weighted by Crippen LogP contribution is 2.39. The van der Waals surface area contributed by atoms with Crippen molar-refractivity contribution in [2.75, 3.05) is 0 Å². The molecule has 0 aliphatic heterocycles. The minimum absolute atomic E-state index is 0.274. The number of hydrazine groups is 1. The summed E-state index contributed by atoms with van der Waals surface area (Å²) in [6.45, 7) is 7.46. The van der Waals surface area contributed by atoms with Crippen LogP contribution in [0.25, 0.3) is 0 Å². The van der Waals surface area contributed by atoms with Crippen LogP contribution in [0, 0.1) is 11.3 Å². The maximum Gasteiger partial charge on any atom is 0.265 e. The van der Waals surface area contributed by atoms with Gasteiger partial charge < -0.3 is 4.74 Å². The zero-order valence-electron chi connectivity index (χ0n) is 13.2. The van der Waals surface area contributed by atoms with E-state index in [4.69, 9.17) is 10.6 Å². The number of hydrogen-bond donors (Lipinski definition) is 2. The quantitative estimate of drug-likeness (QED) is 0.509. The van der Waals surface area contributed by atoms with Gasteiger partial charge in [0.05, 0.1) is 12.7 Å². The van der Waals surface area contributed by atoms with Crippen molar-refractivity contribution in [3.63, 3.8) is 0 Å². The molecule has 2 unspecified atom stereocenters. The Labute approximate surface area is 127 Å². The molecule has 1 saturated carbocycles. The third-order valence-electron chi connectivity index (χ3n) is 4.15. The van der Waals surface area contributed by atoms with Crippen LogP contribution in [-0.4, -0.2) is 12.0 Å². The van der Waals surface area contributed by atoms with Gasteiger partial charge >= 0.3 is 0 Å². The van der Waals surface area contributed by atoms with Crippen molar-refractivity contribution in [1.82, 2.24) is 5.43 Å². The molecule has 2 atom stereocenters. The molecule has 0 bridgehead atoms. The number of carbonyl (C=O) groups is 1. The van der Waals surface area contributed by atoms with Crippen molar-refractivity contribution in [2.24, 2.45) is 17.2 Å². The molecule has 1 amide bonds. The molecule has 116 valence electrons. The van der Waals surface area contributed by atoms with E-state index in [2.05, 4.69) is 26.2 Å². The summed E-state index contributed by atoms with van der Waals surface area (Å²) >= 11 is 0. The molecule has 4 heteroatoms. The molecule has 0 saturated heterocycles. The lowest BCUT2D eigenvalue weighted by Crippen LogP contribution is -2.32. The second kappa shape index (κ2) is 6.58. The lowest BCUT2D eigenvalue weighted by Gasteiger charge is -2.38. The van der Waals surface area contributed by atoms with Crippen LogP contribution in [0.2, 0.25) is 0 Å². The van der Waals surface area contributed by atoms with Gasteiger partial charge in [0.1, 0.15) is 0 Å². The lowest BCUT2D eigenvalue weighted by molar-refractivity contribution is -0.0316. The van der Waals surface area contributed by atoms with Gasteiger partial charge in [-0.25, -0.2) is 5.84 Å². The van der Waals surface area contributed by atoms with Crippen molar-refractivity contribution >= 4 is 5.91 Å². The zero-order valence-corrected chi connectivity index (χ0v) is 13.2. The Morgan fingerprint density at radius 3 is 2.86 bits per heavy atom. The standard InChI is InChI=1S/C17H26N2O2/c1-12-7-15(10-17(2,3)9-12)21-11-13-5-4-6-14(8-13)16(20)19-18/h4-6,8,12,15H,7,9-11,18H2,1-3H3,(H,19,20). The molecular formula is C17H26N2O2. The van der Waals surface area contributed by atoms with Crippen LogP contribution in [0.1, 0.15) is 56.0 Å². The smallest absolute Gasteiger partial charge is 0.265 e. The Morgan fingerprint density at radius 2 is 2.19 bits per heavy atom. The van der Waals surface area contributed by atoms with Crippen molar-refractivity contribution in [1.29, 1.82) is 0 Å². The zero-order chi connectivity index (χ0) is 15.5. The highest BCUT2D eigenvalue weighted by molar-refractivity contribution is 5.93. The van der Waals surface area contributed by atoms with E-state index in [-0.39, 0.29) is 5.91 Å². The van der Waals surface area contributed by atoms with E-state index in [1.807, 2.05) is 18.2 Å². The van der Waals surface area contributed by atoms with Crippen LogP contribution in [0.15, 0.2) is 24.3 Å². The third kappa shape index (κ3) is 4.55. The Morgan fingerprint density at radius 1 is 1.43 bits per heavy atom. The first-order chi connectivity index (χ1) is 9.89. The number of nitrogens with one attached hydrogen (secondary N) is 1. The molecule has 2 rings (SSSR count). The van der Waals surface area contributed by atoms with Gasteiger partial charge in [-0.1, -0.05) is 32.9 Å². The van der Waals surface area contributed by atoms with Gasteiger partial charge in [0.25, 0.3) is 5.91 Å². The number of hydrogen-bond acceptors (Lipinski definition) is 3. The number of ether oxygens (including phenoxy) is 1. The minimum Gasteiger partial charge on any atom is -0.374 e. The molecule has 0 spiro atoms. The minimum atomic E-state index is -0.274. The fourth-order valence-corrected chi connectivity index (χ4v) is 3.49. The molecule has 0 heterocycles. The molecule has 21 heavy (non-hydrogen) atoms. The summed E-state index contributed by atoms with van der Waals surface area (Å²) in [5, 5.41) is 0. The van der Waals surface area contributed by atoms with Gasteiger partial charge in [-0.2, -0.15) is 0 Å². The summed E-state index contributed by atoms with van der Waals surface area (Å²) in [4.78, 5) is 11.5. The molecule has 3 N–H and O–H groups in total. The highest BCUT2D eigenvalue weighted by atomic mass is 16.5. The SMILES string of the molecule is CC1CC(OCc2cccc(C(=O)NN)c2)CC(C)(C)C1. The van der Waals surface area contributed by atoms with E-state index in [0.717, 1.165) is 18.4 Å². The summed E-state index contributed by atoms with van der Waals surface area (Å²) in [6.07, 6.45) is 3.78. The van der Waals surface area contributed by atoms with E-state index < -0.39 is 0 Å². The predicted octanol–water partition coefficient (Wildman–Crippen LogP) is 3.02. The van der Waals surface area contributed by atoms with Crippen LogP contribution in [-0.2, 0) is 11.3 Å². The Balaban J connectivity index is 1.95. The maximum atomic E-state index is 11.5. The number of carbonyl (C=O) groups excluding carboxylic acids is 1. The highest BCUT2D eigenvalue weighted by Gasteiger charge is 2.32. The van der Waals surface area contributed by atoms with Crippen LogP contribution in [0.5, 0.6) is 0 Å². The Kier molecular flexibility index (Phi) is 5.01. The van der Waals surface area contributed by atoms with Crippen LogP contribution in [0.4, 0.5) is 0 Å². The molecule has 4 nitrogen and oxygen atoms in total. The van der Waals surface area contributed by atoms with E-state index in [1.165, 1.54) is 6.42 Å². The van der Waals surface area contributed by atoms with Crippen molar-refractivity contribution in [3.05, 3.63) is 35.4 Å². The molecule has 1 fully saturated rings. The van der Waals surface area contributed by atoms with Crippen molar-refractivity contribution in [3.8, 4) is 0 Å². The van der Waals surface area contributed by atoms with Gasteiger partial charge in [0, 0.05) is 5.56 Å². The number of rotatable bonds is 4. The lowest BCUT2D eigenvalue weighted by atomic mass is 9.71. The third-order valence-corrected chi connectivity index (χ3v) is 4.15. The first kappa shape index (κ1) is 16.0. The van der Waals surface area contributed by atoms with Gasteiger partial charge in [-0.15, -0.1) is 0 Å². The number of nitrogens with two attached hydrogens (primary N) is 1. The fourth-order valence-electron chi connectivity index (χ4n) is 3.49. The Bertz CT molecular complexity index is 499. The molecule has 0 aromatic heterocycles. The van der Waals surface area contributed by atoms with Crippen LogP contribution >= 0.6 is 0 Å². The number of amides is 1. The van der Waals surface area contributed by atoms with Crippen molar-refractivity contribution < 1.29 is 9.53 Å². The molecule has 1 aromatic rings. The first-order valence-corrected chi connectivity index (χ1v) is 7.61. The van der Waals surface area contributed by atoms with E-state index >= 15 is 0 Å². The first-order valence-electron chi connectivity index (χ1n) is 7.61. The van der Waals surface area contributed by atoms with E-state index in [0.29, 0.717) is 29.6 Å². The average Bonchev–Trinajstić information content (AvgIpc) is 2.42. The van der Waals surface area contributed by atoms with Crippen LogP contribution < -0.4 is 11.3 Å². The summed E-state index contributed by atoms with van der Waals surface area (Å²) in [7, 11) is 0. The number of benzene rings is 1. The summed E-state index contributed by atoms with van der Waals surface area (Å²) in [5.74, 6) is 5.59. The van der Waals surface area contributed by atoms with Gasteiger partial charge in [0.2, 0.25) is 0 Å². The summed E-state index contributed by atoms with van der Waals surface area (Å²) in [6, 6.07) is 7.42. The van der Waals surface area contributed by atoms with Crippen molar-refractivity contribution in [2.45, 2.75) is 52.7 Å². The maximum absolute atomic E-state index is 11.5. The Hall–Kier alpha value is -1.39. The van der Waals surface area contributed by atoms with E-state index in [9.17, 15) is 4.79 Å². The van der Waals surface area contributed by atoms with Crippen LogP contribution in [0.3, 0.4) is 0 Å². The number of nitrogen functional groups attached to an aromatic ring is 1. The fraction of sp³-hybridized carbons (Fsp3) is 0.588. The van der Waals surface area contributed by atoms with Gasteiger partial charge in [-0.3, -0.25) is 10.2 Å². The van der Waals surface area contributed by atoms with Gasteiger partial charge in [-0.05, 0) is 48.3 Å². The van der Waals surface area contributed by atoms with E-state index in [1.54, 1.807) is 6.07 Å². The molecule has 1 aromatic carbocycles. The monoisotopic (exact) mass is 290 g/mol. The predicted molar refractivity (Wildman–Crippen MR) is 83.5 cm³/mol. The topological polar surface area (TPSA) is 64.3 Å². The largest absolute Gasteiger partial charge is 0.374 e. The molecular weight excluding hydrogens is 264 g/mol. The van der Waals surface area contributed by atoms with Gasteiger partial charge in [0.15, 0.2) is 0 Å². The molecule has 1 aliphatic rings. The summed E-state index contributed by atoms with van der Waals surface area (Å²) in [5.41, 5.74) is 4.07.